The van der Waals surface area contributed by atoms with Gasteiger partial charge in [-0.2, -0.15) is 0 Å². The number of ether oxygens (including phenoxy) is 2. The lowest BCUT2D eigenvalue weighted by atomic mass is 10.1. The lowest BCUT2D eigenvalue weighted by Gasteiger charge is -2.23. The molecule has 1 amide bonds. The van der Waals surface area contributed by atoms with E-state index >= 15 is 0 Å². The third-order valence-electron chi connectivity index (χ3n) is 5.06. The van der Waals surface area contributed by atoms with Crippen LogP contribution in [-0.4, -0.2) is 36.8 Å². The molecule has 0 aliphatic carbocycles. The number of amides is 1. The molecule has 0 spiro atoms. The lowest BCUT2D eigenvalue weighted by Crippen LogP contribution is -2.38. The Hall–Kier alpha value is -2.44. The molecule has 0 saturated carbocycles. The van der Waals surface area contributed by atoms with Crippen molar-refractivity contribution < 1.29 is 14.3 Å². The van der Waals surface area contributed by atoms with E-state index in [-0.39, 0.29) is 12.0 Å². The van der Waals surface area contributed by atoms with Crippen LogP contribution >= 0.6 is 11.3 Å². The van der Waals surface area contributed by atoms with E-state index in [1.54, 1.807) is 11.3 Å². The highest BCUT2D eigenvalue weighted by Crippen LogP contribution is 2.31. The molecule has 3 aromatic rings. The Morgan fingerprint density at radius 3 is 2.83 bits per heavy atom. The highest BCUT2D eigenvalue weighted by Gasteiger charge is 2.26. The van der Waals surface area contributed by atoms with Gasteiger partial charge in [0.15, 0.2) is 5.13 Å². The Balaban J connectivity index is 1.57. The number of aryl methyl sites for hydroxylation is 1. The second kappa shape index (κ2) is 8.93. The van der Waals surface area contributed by atoms with Crippen LogP contribution in [0.1, 0.15) is 30.9 Å². The Morgan fingerprint density at radius 2 is 2.10 bits per heavy atom. The fourth-order valence-corrected chi connectivity index (χ4v) is 4.64. The quantitative estimate of drug-likeness (QED) is 0.564. The number of aromatic nitrogens is 1. The minimum atomic E-state index is 0.0421. The Labute approximate surface area is 175 Å². The van der Waals surface area contributed by atoms with Crippen molar-refractivity contribution in [3.8, 4) is 5.75 Å². The molecular weight excluding hydrogens is 384 g/mol. The standard InChI is InChI=1S/C23H26N2O3S/c1-3-27-18-9-7-17(8-10-18)14-22(26)25(15-19-5-4-12-28-19)23-24-20-11-6-16(2)13-21(20)29-23/h6-11,13,19H,3-5,12,14-15H2,1-2H3. The minimum Gasteiger partial charge on any atom is -0.494 e. The van der Waals surface area contributed by atoms with Crippen LogP contribution in [0.15, 0.2) is 42.5 Å². The zero-order valence-corrected chi connectivity index (χ0v) is 17.7. The van der Waals surface area contributed by atoms with E-state index in [4.69, 9.17) is 14.5 Å². The van der Waals surface area contributed by atoms with Crippen molar-refractivity contribution in [3.05, 3.63) is 53.6 Å². The van der Waals surface area contributed by atoms with Crippen LogP contribution in [0.4, 0.5) is 5.13 Å². The first-order chi connectivity index (χ1) is 14.1. The van der Waals surface area contributed by atoms with Crippen molar-refractivity contribution in [2.45, 2.75) is 39.2 Å². The number of thiazole rings is 1. The van der Waals surface area contributed by atoms with Gasteiger partial charge in [0.25, 0.3) is 0 Å². The second-order valence-corrected chi connectivity index (χ2v) is 8.37. The van der Waals surface area contributed by atoms with Gasteiger partial charge in [0.05, 0.1) is 35.9 Å². The van der Waals surface area contributed by atoms with Crippen LogP contribution in [0.2, 0.25) is 0 Å². The number of hydrogen-bond acceptors (Lipinski definition) is 5. The second-order valence-electron chi connectivity index (χ2n) is 7.36. The Bertz CT molecular complexity index is 977. The van der Waals surface area contributed by atoms with Gasteiger partial charge in [-0.05, 0) is 62.1 Å². The Morgan fingerprint density at radius 1 is 1.28 bits per heavy atom. The van der Waals surface area contributed by atoms with Gasteiger partial charge in [-0.25, -0.2) is 4.98 Å². The van der Waals surface area contributed by atoms with Crippen molar-refractivity contribution in [2.75, 3.05) is 24.7 Å². The SMILES string of the molecule is CCOc1ccc(CC(=O)N(CC2CCCO2)c2nc3ccc(C)cc3s2)cc1. The number of carbonyl (C=O) groups excluding carboxylic acids is 1. The maximum atomic E-state index is 13.3. The van der Waals surface area contributed by atoms with Crippen LogP contribution in [0.25, 0.3) is 10.2 Å². The van der Waals surface area contributed by atoms with Gasteiger partial charge in [0.2, 0.25) is 5.91 Å². The zero-order chi connectivity index (χ0) is 20.2. The van der Waals surface area contributed by atoms with E-state index in [0.29, 0.717) is 19.6 Å². The van der Waals surface area contributed by atoms with E-state index < -0.39 is 0 Å². The summed E-state index contributed by atoms with van der Waals surface area (Å²) in [5.74, 6) is 0.863. The molecule has 1 aliphatic heterocycles. The molecule has 29 heavy (non-hydrogen) atoms. The van der Waals surface area contributed by atoms with Crippen LogP contribution in [0, 0.1) is 6.92 Å². The molecule has 4 rings (SSSR count). The molecule has 1 fully saturated rings. The maximum Gasteiger partial charge on any atom is 0.233 e. The van der Waals surface area contributed by atoms with Crippen LogP contribution in [0.3, 0.4) is 0 Å². The summed E-state index contributed by atoms with van der Waals surface area (Å²) in [6.07, 6.45) is 2.43. The molecule has 0 bridgehead atoms. The number of fused-ring (bicyclic) bond motifs is 1. The average Bonchev–Trinajstić information content (AvgIpc) is 3.36. The third-order valence-corrected chi connectivity index (χ3v) is 6.11. The number of carbonyl (C=O) groups is 1. The van der Waals surface area contributed by atoms with E-state index in [0.717, 1.165) is 46.1 Å². The largest absolute Gasteiger partial charge is 0.494 e. The molecule has 0 radical (unpaired) electrons. The summed E-state index contributed by atoms with van der Waals surface area (Å²) in [7, 11) is 0. The van der Waals surface area contributed by atoms with Gasteiger partial charge in [0, 0.05) is 6.61 Å². The summed E-state index contributed by atoms with van der Waals surface area (Å²) in [6.45, 7) is 5.98. The smallest absolute Gasteiger partial charge is 0.233 e. The van der Waals surface area contributed by atoms with Crippen molar-refractivity contribution in [3.63, 3.8) is 0 Å². The fraction of sp³-hybridized carbons (Fsp3) is 0.391. The van der Waals surface area contributed by atoms with Gasteiger partial charge < -0.3 is 9.47 Å². The number of nitrogens with zero attached hydrogens (tertiary/aromatic N) is 2. The summed E-state index contributed by atoms with van der Waals surface area (Å²) in [5, 5.41) is 0.747. The molecule has 1 aliphatic rings. The van der Waals surface area contributed by atoms with E-state index in [9.17, 15) is 4.79 Å². The molecule has 1 unspecified atom stereocenters. The topological polar surface area (TPSA) is 51.7 Å². The van der Waals surface area contributed by atoms with Crippen LogP contribution in [0.5, 0.6) is 5.75 Å². The van der Waals surface area contributed by atoms with Gasteiger partial charge in [-0.1, -0.05) is 29.5 Å². The number of hydrogen-bond donors (Lipinski definition) is 0. The normalized spacial score (nSPS) is 16.3. The summed E-state index contributed by atoms with van der Waals surface area (Å²) in [6, 6.07) is 13.9. The summed E-state index contributed by atoms with van der Waals surface area (Å²) in [5.41, 5.74) is 3.09. The first-order valence-electron chi connectivity index (χ1n) is 10.1. The Kier molecular flexibility index (Phi) is 6.11. The predicted molar refractivity (Wildman–Crippen MR) is 117 cm³/mol. The van der Waals surface area contributed by atoms with Crippen LogP contribution in [-0.2, 0) is 16.0 Å². The first kappa shape index (κ1) is 19.9. The van der Waals surface area contributed by atoms with Crippen molar-refractivity contribution in [1.82, 2.24) is 4.98 Å². The number of benzene rings is 2. The van der Waals surface area contributed by atoms with Crippen molar-refractivity contribution in [1.29, 1.82) is 0 Å². The zero-order valence-electron chi connectivity index (χ0n) is 16.9. The first-order valence-corrected chi connectivity index (χ1v) is 10.9. The van der Waals surface area contributed by atoms with Crippen molar-refractivity contribution >= 4 is 32.6 Å². The molecule has 152 valence electrons. The third kappa shape index (κ3) is 4.77. The summed E-state index contributed by atoms with van der Waals surface area (Å²) < 4.78 is 12.4. The van der Waals surface area contributed by atoms with Gasteiger partial charge in [-0.3, -0.25) is 9.69 Å². The molecular formula is C23H26N2O3S. The summed E-state index contributed by atoms with van der Waals surface area (Å²) in [4.78, 5) is 19.8. The molecule has 2 aromatic carbocycles. The highest BCUT2D eigenvalue weighted by atomic mass is 32.1. The molecule has 1 atom stereocenters. The highest BCUT2D eigenvalue weighted by molar-refractivity contribution is 7.22. The van der Waals surface area contributed by atoms with Gasteiger partial charge in [0.1, 0.15) is 5.75 Å². The maximum absolute atomic E-state index is 13.3. The average molecular weight is 411 g/mol. The molecule has 0 N–H and O–H groups in total. The molecule has 2 heterocycles. The van der Waals surface area contributed by atoms with E-state index in [2.05, 4.69) is 19.1 Å². The molecule has 5 nitrogen and oxygen atoms in total. The molecule has 6 heteroatoms. The molecule has 1 saturated heterocycles. The fourth-order valence-electron chi connectivity index (χ4n) is 3.55. The summed E-state index contributed by atoms with van der Waals surface area (Å²) >= 11 is 1.57. The van der Waals surface area contributed by atoms with Crippen molar-refractivity contribution in [2.24, 2.45) is 0 Å². The number of anilines is 1. The lowest BCUT2D eigenvalue weighted by molar-refractivity contribution is -0.118. The van der Waals surface area contributed by atoms with E-state index in [1.165, 1.54) is 5.56 Å². The minimum absolute atomic E-state index is 0.0421. The van der Waals surface area contributed by atoms with Crippen LogP contribution < -0.4 is 9.64 Å². The predicted octanol–water partition coefficient (Wildman–Crippen LogP) is 4.76. The van der Waals surface area contributed by atoms with E-state index in [1.807, 2.05) is 42.2 Å². The van der Waals surface area contributed by atoms with Gasteiger partial charge in [-0.15, -0.1) is 0 Å². The van der Waals surface area contributed by atoms with Gasteiger partial charge >= 0.3 is 0 Å². The number of rotatable bonds is 7. The molecule has 1 aromatic heterocycles. The monoisotopic (exact) mass is 410 g/mol.